The van der Waals surface area contributed by atoms with E-state index in [2.05, 4.69) is 28.2 Å². The molecule has 1 saturated heterocycles. The minimum atomic E-state index is -6.79. The van der Waals surface area contributed by atoms with Gasteiger partial charge in [-0.25, -0.2) is 4.79 Å². The molecule has 2 rings (SSSR count). The Morgan fingerprint density at radius 1 is 0.741 bits per heavy atom. The molecule has 1 aliphatic heterocycles. The van der Waals surface area contributed by atoms with Crippen LogP contribution in [0.4, 0.5) is 8.78 Å². The SMILES string of the molecule is [B-][P@](=O)(OC[C@H]1O[C@@H](n2cc(C)c(=O)[nH]c2=O)C[C@@H]1N=[N+]=[N-])OP(=O)(O)C(F)(F)P(=O)(O)CCOC(=O)CCC(=O)OCC(COC(=O)CCCCCCCCCCCCCCC)OC(=O)CCCCCCCCCCCCCCC. The third-order valence-corrected chi connectivity index (χ3v) is 19.9. The number of carbonyl (C=O) groups excluding carboxylic acids is 4. The second-order valence-electron chi connectivity index (χ2n) is 20.7. The average molecular weight is 1210 g/mol. The van der Waals surface area contributed by atoms with Crippen LogP contribution in [0.3, 0.4) is 0 Å². The van der Waals surface area contributed by atoms with Crippen molar-refractivity contribution < 1.29 is 84.0 Å². The number of alkyl halides is 2. The van der Waals surface area contributed by atoms with E-state index in [-0.39, 0.29) is 24.8 Å². The van der Waals surface area contributed by atoms with Gasteiger partial charge in [-0.15, -0.1) is 0 Å². The summed E-state index contributed by atoms with van der Waals surface area (Å²) >= 11 is 0. The predicted octanol–water partition coefficient (Wildman–Crippen LogP) is 12.4. The molecule has 81 heavy (non-hydrogen) atoms. The zero-order chi connectivity index (χ0) is 60.2. The van der Waals surface area contributed by atoms with Crippen molar-refractivity contribution in [1.29, 1.82) is 0 Å². The van der Waals surface area contributed by atoms with Crippen LogP contribution in [-0.4, -0.2) is 107 Å². The first-order valence-corrected chi connectivity index (χ1v) is 34.0. The fraction of sp³-hybridized carbons (Fsp3) is 0.846. The Bertz CT molecular complexity index is 2360. The second kappa shape index (κ2) is 40.5. The highest BCUT2D eigenvalue weighted by Crippen LogP contribution is 2.78. The van der Waals surface area contributed by atoms with Gasteiger partial charge in [0.05, 0.1) is 45.2 Å². The highest BCUT2D eigenvalue weighted by molar-refractivity contribution is 7.86. The standard InChI is InChI=1S/C52H89BF2N5O18P3/c1-4-6-8-10-12-14-16-18-20-22-24-26-28-30-46(61)73-38-42(76-49(64)31-29-27-25-23-21-19-17-15-13-11-9-7-5-2)39-74-48(63)33-32-47(62)72-34-35-79(67,68)52(54,55)80(69,70)78-81(53,71)75-40-44-43(58-59-56)36-45(77-44)60-37-41(3)50(65)57-51(60)66/h37,42-45H,4-36,38-40H2,1-3H3,(H,67,68)(H,69,70)(H,57,65,66)/q-1/t42?,43-,44+,45+,81-/m0/s1. The molecule has 2 heterocycles. The highest BCUT2D eigenvalue weighted by Gasteiger charge is 2.65. The number of esters is 4. The summed E-state index contributed by atoms with van der Waals surface area (Å²) in [6.07, 6.45) is 23.7. The van der Waals surface area contributed by atoms with Gasteiger partial charge in [-0.2, -0.15) is 8.78 Å². The maximum absolute atomic E-state index is 15.2. The van der Waals surface area contributed by atoms with Crippen LogP contribution in [0.1, 0.15) is 225 Å². The van der Waals surface area contributed by atoms with Gasteiger partial charge in [-0.05, 0) is 25.3 Å². The van der Waals surface area contributed by atoms with Gasteiger partial charge in [-0.1, -0.05) is 173 Å². The van der Waals surface area contributed by atoms with Gasteiger partial charge in [0.25, 0.3) is 12.9 Å². The number of hydrogen-bond donors (Lipinski definition) is 3. The van der Waals surface area contributed by atoms with Crippen molar-refractivity contribution in [2.75, 3.05) is 32.6 Å². The number of nitrogens with one attached hydrogen (secondary N) is 1. The summed E-state index contributed by atoms with van der Waals surface area (Å²) in [6, 6.07) is -1.19. The van der Waals surface area contributed by atoms with Gasteiger partial charge in [0.1, 0.15) is 26.0 Å². The number of halogens is 2. The normalized spacial score (nSPS) is 18.0. The number of nitrogens with zero attached hydrogens (tertiary/aromatic N) is 4. The molecule has 0 bridgehead atoms. The number of H-pyrrole nitrogens is 1. The predicted molar refractivity (Wildman–Crippen MR) is 300 cm³/mol. The Kier molecular flexibility index (Phi) is 36.7. The van der Waals surface area contributed by atoms with Gasteiger partial charge in [-0.3, -0.25) is 47.0 Å². The molecule has 463 valence electrons. The monoisotopic (exact) mass is 1210 g/mol. The van der Waals surface area contributed by atoms with E-state index in [1.807, 2.05) is 4.98 Å². The van der Waals surface area contributed by atoms with Crippen LogP contribution < -0.4 is 11.2 Å². The number of azide groups is 1. The summed E-state index contributed by atoms with van der Waals surface area (Å²) in [5.41, 5.74) is 7.49. The first-order valence-electron chi connectivity index (χ1n) is 28.9. The number of aromatic amines is 1. The van der Waals surface area contributed by atoms with Crippen LogP contribution >= 0.6 is 22.4 Å². The van der Waals surface area contributed by atoms with Gasteiger partial charge >= 0.3 is 42.6 Å². The van der Waals surface area contributed by atoms with Crippen LogP contribution in [0, 0.1) is 6.92 Å². The first kappa shape index (κ1) is 73.4. The number of aromatic nitrogens is 2. The Morgan fingerprint density at radius 2 is 1.17 bits per heavy atom. The molecule has 0 spiro atoms. The molecule has 3 unspecified atom stereocenters. The molecule has 1 fully saturated rings. The Balaban J connectivity index is 1.85. The molecule has 7 atom stereocenters. The summed E-state index contributed by atoms with van der Waals surface area (Å²) in [7, 11) is -13.2. The number of carbonyl (C=O) groups is 4. The van der Waals surface area contributed by atoms with Crippen molar-refractivity contribution in [1.82, 2.24) is 9.55 Å². The lowest BCUT2D eigenvalue weighted by atomic mass is 10.0. The summed E-state index contributed by atoms with van der Waals surface area (Å²) in [5, 5.41) is -2.10. The number of ether oxygens (including phenoxy) is 5. The first-order chi connectivity index (χ1) is 38.5. The molecule has 3 N–H and O–H groups in total. The fourth-order valence-corrected chi connectivity index (χ4v) is 13.8. The quantitative estimate of drug-likeness (QED) is 0.00797. The summed E-state index contributed by atoms with van der Waals surface area (Å²) in [6.45, 7) is 2.60. The summed E-state index contributed by atoms with van der Waals surface area (Å²) in [5.74, 6) is -3.33. The maximum atomic E-state index is 15.2. The molecule has 1 aromatic rings. The van der Waals surface area contributed by atoms with Crippen molar-refractivity contribution in [3.63, 3.8) is 0 Å². The third-order valence-electron chi connectivity index (χ3n) is 13.6. The van der Waals surface area contributed by atoms with Gasteiger partial charge in [0, 0.05) is 35.9 Å². The molecule has 0 aliphatic carbocycles. The topological polar surface area (TPSA) is 328 Å². The zero-order valence-corrected chi connectivity index (χ0v) is 50.4. The van der Waals surface area contributed by atoms with Crippen LogP contribution in [0.25, 0.3) is 10.4 Å². The van der Waals surface area contributed by atoms with Crippen molar-refractivity contribution in [3.8, 4) is 0 Å². The van der Waals surface area contributed by atoms with Crippen molar-refractivity contribution in [2.45, 2.75) is 250 Å². The second-order valence-corrected chi connectivity index (χ2v) is 27.0. The van der Waals surface area contributed by atoms with Crippen molar-refractivity contribution in [3.05, 3.63) is 43.0 Å². The Morgan fingerprint density at radius 3 is 1.64 bits per heavy atom. The number of aryl methyl sites for hydroxylation is 1. The van der Waals surface area contributed by atoms with E-state index in [9.17, 15) is 52.2 Å². The lowest BCUT2D eigenvalue weighted by Crippen LogP contribution is -2.33. The Hall–Kier alpha value is -3.72. The fourth-order valence-electron chi connectivity index (χ4n) is 8.77. The smallest absolute Gasteiger partial charge is 0.418 e. The highest BCUT2D eigenvalue weighted by atomic mass is 31.3. The van der Waals surface area contributed by atoms with Gasteiger partial charge < -0.3 is 50.1 Å². The van der Waals surface area contributed by atoms with E-state index in [0.717, 1.165) is 62.1 Å². The molecule has 23 nitrogen and oxygen atoms in total. The maximum Gasteiger partial charge on any atom is 0.418 e. The molecule has 29 heteroatoms. The third kappa shape index (κ3) is 30.6. The van der Waals surface area contributed by atoms with Crippen LogP contribution in [0.5, 0.6) is 0 Å². The summed E-state index contributed by atoms with van der Waals surface area (Å²) in [4.78, 5) is 99.7. The van der Waals surface area contributed by atoms with Crippen molar-refractivity contribution in [2.24, 2.45) is 5.11 Å². The number of rotatable bonds is 48. The van der Waals surface area contributed by atoms with Crippen LogP contribution in [-0.2, 0) is 65.4 Å². The lowest BCUT2D eigenvalue weighted by Gasteiger charge is -2.33. The van der Waals surface area contributed by atoms with Gasteiger partial charge in [0.2, 0.25) is 0 Å². The van der Waals surface area contributed by atoms with Crippen LogP contribution in [0.15, 0.2) is 20.9 Å². The van der Waals surface area contributed by atoms with Crippen LogP contribution in [0.2, 0.25) is 0 Å². The molecular weight excluding hydrogens is 1120 g/mol. The molecule has 1 aromatic heterocycles. The van der Waals surface area contributed by atoms with E-state index in [0.29, 0.717) is 12.8 Å². The van der Waals surface area contributed by atoms with E-state index >= 15 is 8.78 Å². The largest absolute Gasteiger partial charge is 0.465 e. The minimum absolute atomic E-state index is 0.0883. The molecular formula is C52H89BF2N5O18P3-. The minimum Gasteiger partial charge on any atom is -0.465 e. The van der Waals surface area contributed by atoms with E-state index in [1.165, 1.54) is 110 Å². The van der Waals surface area contributed by atoms with E-state index < -0.39 is 133 Å². The molecule has 0 saturated carbocycles. The average Bonchev–Trinajstić information content (AvgIpc) is 4.00. The number of unbranched alkanes of at least 4 members (excludes halogenated alkanes) is 24. The molecule has 3 radical (unpaired) electrons. The van der Waals surface area contributed by atoms with Crippen molar-refractivity contribution >= 4 is 53.9 Å². The molecule has 0 aromatic carbocycles. The Labute approximate surface area is 476 Å². The van der Waals surface area contributed by atoms with E-state index in [4.69, 9.17) is 41.3 Å². The molecule has 1 aliphatic rings. The zero-order valence-electron chi connectivity index (χ0n) is 47.7. The molecule has 0 amide bonds. The number of hydrogen-bond acceptors (Lipinski definition) is 17. The lowest BCUT2D eigenvalue weighted by molar-refractivity contribution is -0.167. The van der Waals surface area contributed by atoms with E-state index in [1.54, 1.807) is 0 Å². The van der Waals surface area contributed by atoms with Gasteiger partial charge in [0.15, 0.2) is 6.10 Å². The summed E-state index contributed by atoms with van der Waals surface area (Å²) < 4.78 is 105.